The van der Waals surface area contributed by atoms with Gasteiger partial charge in [0.1, 0.15) is 0 Å². The van der Waals surface area contributed by atoms with Gasteiger partial charge in [-0.05, 0) is 68.2 Å². The largest absolute Gasteiger partial charge is 0.330 e. The van der Waals surface area contributed by atoms with Crippen molar-refractivity contribution in [1.82, 2.24) is 0 Å². The van der Waals surface area contributed by atoms with Gasteiger partial charge in [0, 0.05) is 6.04 Å². The normalized spacial score (nSPS) is 54.0. The monoisotopic (exact) mass is 208 g/mol. The van der Waals surface area contributed by atoms with Crippen LogP contribution in [0, 0.1) is 23.2 Å². The molecule has 0 aromatic carbocycles. The molecule has 0 amide bonds. The number of hydrogen-bond acceptors (Lipinski definition) is 2. The van der Waals surface area contributed by atoms with Crippen LogP contribution < -0.4 is 11.5 Å². The zero-order valence-electron chi connectivity index (χ0n) is 9.62. The van der Waals surface area contributed by atoms with Crippen LogP contribution in [-0.2, 0) is 0 Å². The number of rotatable bonds is 1. The Labute approximate surface area is 92.8 Å². The van der Waals surface area contributed by atoms with E-state index < -0.39 is 0 Å². The average molecular weight is 208 g/mol. The molecule has 4 unspecified atom stereocenters. The summed E-state index contributed by atoms with van der Waals surface area (Å²) in [5.74, 6) is 2.57. The van der Waals surface area contributed by atoms with E-state index in [-0.39, 0.29) is 0 Å². The van der Waals surface area contributed by atoms with E-state index in [1.807, 2.05) is 0 Å². The molecule has 15 heavy (non-hydrogen) atoms. The molecule has 3 saturated carbocycles. The summed E-state index contributed by atoms with van der Waals surface area (Å²) in [6, 6.07) is 0.505. The topological polar surface area (TPSA) is 52.0 Å². The Morgan fingerprint density at radius 3 is 2.73 bits per heavy atom. The highest BCUT2D eigenvalue weighted by molar-refractivity contribution is 5.10. The van der Waals surface area contributed by atoms with Crippen molar-refractivity contribution >= 4 is 0 Å². The highest BCUT2D eigenvalue weighted by Gasteiger charge is 2.57. The first kappa shape index (κ1) is 10.1. The zero-order chi connectivity index (χ0) is 10.5. The lowest BCUT2D eigenvalue weighted by Gasteiger charge is -2.47. The van der Waals surface area contributed by atoms with Crippen LogP contribution in [-0.4, -0.2) is 12.6 Å². The fourth-order valence-corrected chi connectivity index (χ4v) is 4.94. The Morgan fingerprint density at radius 1 is 1.20 bits per heavy atom. The Kier molecular flexibility index (Phi) is 2.33. The van der Waals surface area contributed by atoms with Gasteiger partial charge in [-0.2, -0.15) is 0 Å². The molecule has 1 spiro atoms. The fraction of sp³-hybridized carbons (Fsp3) is 1.00. The van der Waals surface area contributed by atoms with Crippen LogP contribution in [0.1, 0.15) is 44.9 Å². The molecule has 0 radical (unpaired) electrons. The third kappa shape index (κ3) is 1.31. The molecule has 5 atom stereocenters. The van der Waals surface area contributed by atoms with Crippen molar-refractivity contribution in [3.8, 4) is 0 Å². The molecular weight excluding hydrogens is 184 g/mol. The van der Waals surface area contributed by atoms with Crippen molar-refractivity contribution in [2.75, 3.05) is 6.54 Å². The predicted molar refractivity (Wildman–Crippen MR) is 62.3 cm³/mol. The summed E-state index contributed by atoms with van der Waals surface area (Å²) in [7, 11) is 0. The standard InChI is InChI=1S/C13H24N2/c14-8-9-2-1-5-13(7-9)11-4-3-10(6-11)12(13)15/h9-12H,1-8,14-15H2/t9?,10?,11?,12?,13-/m1/s1. The lowest BCUT2D eigenvalue weighted by Crippen LogP contribution is -2.49. The van der Waals surface area contributed by atoms with Gasteiger partial charge in [0.25, 0.3) is 0 Å². The van der Waals surface area contributed by atoms with Gasteiger partial charge in [-0.3, -0.25) is 0 Å². The second-order valence-corrected chi connectivity index (χ2v) is 6.23. The van der Waals surface area contributed by atoms with Crippen molar-refractivity contribution < 1.29 is 0 Å². The highest BCUT2D eigenvalue weighted by Crippen LogP contribution is 2.61. The van der Waals surface area contributed by atoms with Gasteiger partial charge in [0.2, 0.25) is 0 Å². The second-order valence-electron chi connectivity index (χ2n) is 6.23. The van der Waals surface area contributed by atoms with Crippen molar-refractivity contribution in [3.05, 3.63) is 0 Å². The van der Waals surface area contributed by atoms with Crippen LogP contribution in [0.3, 0.4) is 0 Å². The van der Waals surface area contributed by atoms with E-state index in [1.54, 1.807) is 0 Å². The van der Waals surface area contributed by atoms with Gasteiger partial charge in [0.15, 0.2) is 0 Å². The van der Waals surface area contributed by atoms with Gasteiger partial charge in [-0.1, -0.05) is 6.42 Å². The lowest BCUT2D eigenvalue weighted by molar-refractivity contribution is 0.0505. The van der Waals surface area contributed by atoms with E-state index in [0.29, 0.717) is 11.5 Å². The summed E-state index contributed by atoms with van der Waals surface area (Å²) in [5.41, 5.74) is 12.9. The summed E-state index contributed by atoms with van der Waals surface area (Å²) in [6.07, 6.45) is 9.74. The van der Waals surface area contributed by atoms with Gasteiger partial charge in [-0.25, -0.2) is 0 Å². The van der Waals surface area contributed by atoms with E-state index in [2.05, 4.69) is 0 Å². The minimum absolute atomic E-state index is 0.505. The Morgan fingerprint density at radius 2 is 2.07 bits per heavy atom. The Balaban J connectivity index is 1.83. The molecule has 3 aliphatic rings. The van der Waals surface area contributed by atoms with Crippen LogP contribution in [0.15, 0.2) is 0 Å². The summed E-state index contributed by atoms with van der Waals surface area (Å²) in [4.78, 5) is 0. The first-order chi connectivity index (χ1) is 7.26. The van der Waals surface area contributed by atoms with Crippen molar-refractivity contribution in [1.29, 1.82) is 0 Å². The Bertz CT molecular complexity index is 249. The highest BCUT2D eigenvalue weighted by atomic mass is 14.8. The van der Waals surface area contributed by atoms with Crippen molar-refractivity contribution in [3.63, 3.8) is 0 Å². The molecule has 2 heteroatoms. The van der Waals surface area contributed by atoms with Gasteiger partial charge in [-0.15, -0.1) is 0 Å². The minimum Gasteiger partial charge on any atom is -0.330 e. The van der Waals surface area contributed by atoms with Gasteiger partial charge in [0.05, 0.1) is 0 Å². The second kappa shape index (κ2) is 3.46. The first-order valence-corrected chi connectivity index (χ1v) is 6.72. The zero-order valence-corrected chi connectivity index (χ0v) is 9.62. The molecule has 0 aromatic heterocycles. The quantitative estimate of drug-likeness (QED) is 0.691. The summed E-state index contributed by atoms with van der Waals surface area (Å²) in [6.45, 7) is 0.881. The van der Waals surface area contributed by atoms with Crippen molar-refractivity contribution in [2.45, 2.75) is 51.0 Å². The first-order valence-electron chi connectivity index (χ1n) is 6.72. The van der Waals surface area contributed by atoms with Crippen molar-refractivity contribution in [2.24, 2.45) is 34.6 Å². The molecule has 2 nitrogen and oxygen atoms in total. The molecule has 4 N–H and O–H groups in total. The van der Waals surface area contributed by atoms with Crippen LogP contribution in [0.25, 0.3) is 0 Å². The molecule has 0 heterocycles. The SMILES string of the molecule is NCC1CCC[C@@]2(C1)C1CCC(C1)C2N. The molecule has 86 valence electrons. The number of fused-ring (bicyclic) bond motifs is 3. The molecule has 0 aliphatic heterocycles. The predicted octanol–water partition coefficient (Wildman–Crippen LogP) is 1.88. The molecule has 2 bridgehead atoms. The molecule has 3 rings (SSSR count). The smallest absolute Gasteiger partial charge is 0.0127 e. The summed E-state index contributed by atoms with van der Waals surface area (Å²) >= 11 is 0. The molecule has 3 aliphatic carbocycles. The van der Waals surface area contributed by atoms with E-state index in [0.717, 1.165) is 24.3 Å². The summed E-state index contributed by atoms with van der Waals surface area (Å²) in [5, 5.41) is 0. The maximum absolute atomic E-state index is 6.51. The number of hydrogen-bond donors (Lipinski definition) is 2. The van der Waals surface area contributed by atoms with Gasteiger partial charge >= 0.3 is 0 Å². The van der Waals surface area contributed by atoms with Crippen LogP contribution >= 0.6 is 0 Å². The Hall–Kier alpha value is -0.0800. The fourth-order valence-electron chi connectivity index (χ4n) is 4.94. The maximum Gasteiger partial charge on any atom is 0.0127 e. The third-order valence-corrected chi connectivity index (χ3v) is 5.71. The maximum atomic E-state index is 6.51. The number of nitrogens with two attached hydrogens (primary N) is 2. The third-order valence-electron chi connectivity index (χ3n) is 5.71. The van der Waals surface area contributed by atoms with E-state index in [9.17, 15) is 0 Å². The molecule has 0 saturated heterocycles. The minimum atomic E-state index is 0.505. The lowest BCUT2D eigenvalue weighted by atomic mass is 9.59. The van der Waals surface area contributed by atoms with Crippen LogP contribution in [0.4, 0.5) is 0 Å². The van der Waals surface area contributed by atoms with Gasteiger partial charge < -0.3 is 11.5 Å². The molecule has 3 fully saturated rings. The summed E-state index contributed by atoms with van der Waals surface area (Å²) < 4.78 is 0. The van der Waals surface area contributed by atoms with Crippen LogP contribution in [0.2, 0.25) is 0 Å². The van der Waals surface area contributed by atoms with E-state index in [4.69, 9.17) is 11.5 Å². The molecular formula is C13H24N2. The molecule has 0 aromatic rings. The van der Waals surface area contributed by atoms with Crippen LogP contribution in [0.5, 0.6) is 0 Å². The average Bonchev–Trinajstić information content (AvgIpc) is 2.84. The van der Waals surface area contributed by atoms with E-state index >= 15 is 0 Å². The van der Waals surface area contributed by atoms with E-state index in [1.165, 1.54) is 44.9 Å².